The van der Waals surface area contributed by atoms with Crippen molar-refractivity contribution < 1.29 is 4.74 Å². The summed E-state index contributed by atoms with van der Waals surface area (Å²) in [5, 5.41) is 0. The molecule has 0 amide bonds. The van der Waals surface area contributed by atoms with E-state index in [1.165, 1.54) is 31.2 Å². The third kappa shape index (κ3) is 4.75. The highest BCUT2D eigenvalue weighted by Crippen LogP contribution is 2.28. The van der Waals surface area contributed by atoms with Crippen molar-refractivity contribution in [2.75, 3.05) is 33.8 Å². The lowest BCUT2D eigenvalue weighted by molar-refractivity contribution is 0.251. The Kier molecular flexibility index (Phi) is 7.16. The Labute approximate surface area is 162 Å². The minimum atomic E-state index is 0. The summed E-state index contributed by atoms with van der Waals surface area (Å²) in [5.41, 5.74) is 7.46. The minimum Gasteiger partial charge on any atom is -0.497 e. The number of ether oxygens (including phenoxy) is 1. The van der Waals surface area contributed by atoms with E-state index in [9.17, 15) is 0 Å². The molecule has 0 bridgehead atoms. The summed E-state index contributed by atoms with van der Waals surface area (Å²) in [6.07, 6.45) is 5.02. The molecule has 1 unspecified atom stereocenters. The first-order valence-electron chi connectivity index (χ1n) is 8.60. The van der Waals surface area contributed by atoms with E-state index in [4.69, 9.17) is 15.5 Å². The van der Waals surface area contributed by atoms with E-state index in [1.807, 2.05) is 12.1 Å². The summed E-state index contributed by atoms with van der Waals surface area (Å²) in [7, 11) is 3.75. The van der Waals surface area contributed by atoms with Crippen LogP contribution in [0.3, 0.4) is 0 Å². The van der Waals surface area contributed by atoms with Crippen molar-refractivity contribution >= 4 is 29.9 Å². The molecule has 1 aliphatic heterocycles. The Morgan fingerprint density at radius 3 is 2.46 bits per heavy atom. The molecule has 3 rings (SSSR count). The van der Waals surface area contributed by atoms with Gasteiger partial charge in [0.25, 0.3) is 0 Å². The number of nitrogens with zero attached hydrogens (tertiary/aromatic N) is 3. The maximum Gasteiger partial charge on any atom is 0.191 e. The van der Waals surface area contributed by atoms with Crippen LogP contribution >= 0.6 is 24.0 Å². The standard InChI is InChI=1S/C18H28N4O.HI/c1-21(15-7-8-15)18(19)20-13-17(22-11-3-4-12-22)14-5-9-16(23-2)10-6-14;/h5-6,9-10,15,17H,3-4,7-8,11-13H2,1-2H3,(H2,19,20);1H. The van der Waals surface area contributed by atoms with Crippen LogP contribution in [0.25, 0.3) is 0 Å². The first kappa shape index (κ1) is 19.3. The third-order valence-corrected chi connectivity index (χ3v) is 4.96. The number of guanidine groups is 1. The van der Waals surface area contributed by atoms with Crippen LogP contribution in [0.1, 0.15) is 37.3 Å². The lowest BCUT2D eigenvalue weighted by Gasteiger charge is -2.27. The molecule has 1 aromatic carbocycles. The van der Waals surface area contributed by atoms with Crippen LogP contribution < -0.4 is 10.5 Å². The van der Waals surface area contributed by atoms with Crippen molar-refractivity contribution in [2.45, 2.75) is 37.8 Å². The predicted octanol–water partition coefficient (Wildman–Crippen LogP) is 2.86. The Hall–Kier alpha value is -1.02. The maximum atomic E-state index is 6.17. The van der Waals surface area contributed by atoms with Crippen molar-refractivity contribution in [1.82, 2.24) is 9.80 Å². The van der Waals surface area contributed by atoms with E-state index in [-0.39, 0.29) is 24.0 Å². The second-order valence-corrected chi connectivity index (χ2v) is 6.57. The topological polar surface area (TPSA) is 54.1 Å². The molecule has 1 aromatic rings. The van der Waals surface area contributed by atoms with Gasteiger partial charge in [0.1, 0.15) is 5.75 Å². The molecule has 0 aromatic heterocycles. The van der Waals surface area contributed by atoms with Gasteiger partial charge in [0.15, 0.2) is 5.96 Å². The van der Waals surface area contributed by atoms with Gasteiger partial charge in [0.05, 0.1) is 19.7 Å². The van der Waals surface area contributed by atoms with E-state index in [0.717, 1.165) is 25.4 Å². The lowest BCUT2D eigenvalue weighted by Crippen LogP contribution is -2.37. The van der Waals surface area contributed by atoms with Gasteiger partial charge in [0, 0.05) is 13.1 Å². The molecule has 1 saturated heterocycles. The Morgan fingerprint density at radius 1 is 1.29 bits per heavy atom. The fourth-order valence-electron chi connectivity index (χ4n) is 3.25. The number of aliphatic imine (C=N–C) groups is 1. The van der Waals surface area contributed by atoms with E-state index in [1.54, 1.807) is 7.11 Å². The van der Waals surface area contributed by atoms with Crippen LogP contribution in [0.2, 0.25) is 0 Å². The second kappa shape index (κ2) is 8.89. The zero-order chi connectivity index (χ0) is 16.2. The summed E-state index contributed by atoms with van der Waals surface area (Å²) in [4.78, 5) is 9.34. The maximum absolute atomic E-state index is 6.17. The first-order valence-corrected chi connectivity index (χ1v) is 8.60. The van der Waals surface area contributed by atoms with Gasteiger partial charge in [-0.15, -0.1) is 24.0 Å². The fraction of sp³-hybridized carbons (Fsp3) is 0.611. The van der Waals surface area contributed by atoms with Crippen LogP contribution in [0.4, 0.5) is 0 Å². The Bertz CT molecular complexity index is 538. The van der Waals surface area contributed by atoms with Gasteiger partial charge in [-0.1, -0.05) is 12.1 Å². The average Bonchev–Trinajstić information content (AvgIpc) is 3.30. The van der Waals surface area contributed by atoms with Crippen molar-refractivity contribution in [3.8, 4) is 5.75 Å². The summed E-state index contributed by atoms with van der Waals surface area (Å²) in [6.45, 7) is 3.00. The molecule has 1 aliphatic carbocycles. The number of nitrogens with two attached hydrogens (primary N) is 1. The molecule has 1 atom stereocenters. The van der Waals surface area contributed by atoms with Gasteiger partial charge < -0.3 is 15.4 Å². The number of hydrogen-bond donors (Lipinski definition) is 1. The van der Waals surface area contributed by atoms with Gasteiger partial charge >= 0.3 is 0 Å². The minimum absolute atomic E-state index is 0. The highest BCUT2D eigenvalue weighted by atomic mass is 127. The van der Waals surface area contributed by atoms with Gasteiger partial charge in [-0.3, -0.25) is 9.89 Å². The van der Waals surface area contributed by atoms with Crippen molar-refractivity contribution in [3.05, 3.63) is 29.8 Å². The van der Waals surface area contributed by atoms with E-state index < -0.39 is 0 Å². The summed E-state index contributed by atoms with van der Waals surface area (Å²) in [6, 6.07) is 9.26. The number of methoxy groups -OCH3 is 1. The van der Waals surface area contributed by atoms with Gasteiger partial charge in [-0.2, -0.15) is 0 Å². The van der Waals surface area contributed by atoms with Gasteiger partial charge in [-0.25, -0.2) is 0 Å². The van der Waals surface area contributed by atoms with Gasteiger partial charge in [0.2, 0.25) is 0 Å². The van der Waals surface area contributed by atoms with E-state index >= 15 is 0 Å². The highest BCUT2D eigenvalue weighted by Gasteiger charge is 2.28. The molecule has 2 fully saturated rings. The second-order valence-electron chi connectivity index (χ2n) is 6.57. The van der Waals surface area contributed by atoms with Crippen LogP contribution in [0, 0.1) is 0 Å². The van der Waals surface area contributed by atoms with Crippen molar-refractivity contribution in [1.29, 1.82) is 0 Å². The number of halogens is 1. The Morgan fingerprint density at radius 2 is 1.92 bits per heavy atom. The molecule has 1 heterocycles. The smallest absolute Gasteiger partial charge is 0.191 e. The number of likely N-dealkylation sites (tertiary alicyclic amines) is 1. The number of hydrogen-bond acceptors (Lipinski definition) is 3. The third-order valence-electron chi connectivity index (χ3n) is 4.96. The van der Waals surface area contributed by atoms with Crippen molar-refractivity contribution in [2.24, 2.45) is 10.7 Å². The van der Waals surface area contributed by atoms with Crippen LogP contribution in [-0.4, -0.2) is 55.6 Å². The van der Waals surface area contributed by atoms with E-state index in [0.29, 0.717) is 18.0 Å². The molecule has 1 saturated carbocycles. The Balaban J connectivity index is 0.00000208. The molecular formula is C18H29IN4O. The number of rotatable bonds is 6. The molecule has 5 nitrogen and oxygen atoms in total. The van der Waals surface area contributed by atoms with Crippen molar-refractivity contribution in [3.63, 3.8) is 0 Å². The molecule has 6 heteroatoms. The predicted molar refractivity (Wildman–Crippen MR) is 109 cm³/mol. The monoisotopic (exact) mass is 444 g/mol. The molecule has 0 radical (unpaired) electrons. The van der Waals surface area contributed by atoms with Gasteiger partial charge in [-0.05, 0) is 56.5 Å². The average molecular weight is 444 g/mol. The molecule has 2 aliphatic rings. The molecular weight excluding hydrogens is 415 g/mol. The normalized spacial score (nSPS) is 19.7. The van der Waals surface area contributed by atoms with E-state index in [2.05, 4.69) is 29.0 Å². The summed E-state index contributed by atoms with van der Waals surface area (Å²) in [5.74, 6) is 1.57. The molecule has 134 valence electrons. The largest absolute Gasteiger partial charge is 0.497 e. The van der Waals surface area contributed by atoms with Crippen LogP contribution in [-0.2, 0) is 0 Å². The zero-order valence-corrected chi connectivity index (χ0v) is 17.0. The molecule has 0 spiro atoms. The zero-order valence-electron chi connectivity index (χ0n) is 14.6. The fourth-order valence-corrected chi connectivity index (χ4v) is 3.25. The van der Waals surface area contributed by atoms with Crippen LogP contribution in [0.15, 0.2) is 29.3 Å². The first-order chi connectivity index (χ1) is 11.2. The number of benzene rings is 1. The molecule has 24 heavy (non-hydrogen) atoms. The lowest BCUT2D eigenvalue weighted by atomic mass is 10.1. The SMILES string of the molecule is COc1ccc(C(CN=C(N)N(C)C2CC2)N2CCCC2)cc1.I. The van der Waals surface area contributed by atoms with Crippen LogP contribution in [0.5, 0.6) is 5.75 Å². The highest BCUT2D eigenvalue weighted by molar-refractivity contribution is 14.0. The summed E-state index contributed by atoms with van der Waals surface area (Å²) < 4.78 is 5.27. The molecule has 2 N–H and O–H groups in total. The summed E-state index contributed by atoms with van der Waals surface area (Å²) >= 11 is 0. The quantitative estimate of drug-likeness (QED) is 0.417.